The molecule has 3 saturated heterocycles. The van der Waals surface area contributed by atoms with Crippen LogP contribution >= 0.6 is 0 Å². The molecule has 0 saturated carbocycles. The Kier molecular flexibility index (Phi) is 4.32. The molecule has 114 valence electrons. The van der Waals surface area contributed by atoms with E-state index in [1.54, 1.807) is 0 Å². The van der Waals surface area contributed by atoms with E-state index in [1.165, 1.54) is 38.8 Å². The van der Waals surface area contributed by atoms with Crippen LogP contribution in [0, 0.1) is 5.41 Å². The minimum atomic E-state index is -0.100. The van der Waals surface area contributed by atoms with Crippen molar-refractivity contribution in [3.05, 3.63) is 0 Å². The monoisotopic (exact) mass is 279 g/mol. The van der Waals surface area contributed by atoms with Crippen LogP contribution in [0.1, 0.15) is 45.4 Å². The zero-order chi connectivity index (χ0) is 14.0. The van der Waals surface area contributed by atoms with Gasteiger partial charge in [-0.25, -0.2) is 0 Å². The average molecular weight is 279 g/mol. The highest BCUT2D eigenvalue weighted by atomic mass is 16.2. The van der Waals surface area contributed by atoms with Gasteiger partial charge in [-0.2, -0.15) is 0 Å². The number of amides is 1. The zero-order valence-electron chi connectivity index (χ0n) is 12.9. The van der Waals surface area contributed by atoms with Crippen molar-refractivity contribution in [2.75, 3.05) is 39.3 Å². The maximum absolute atomic E-state index is 12.9. The molecule has 4 nitrogen and oxygen atoms in total. The number of piperidine rings is 1. The Morgan fingerprint density at radius 1 is 1.25 bits per heavy atom. The Morgan fingerprint density at radius 2 is 2.05 bits per heavy atom. The molecule has 2 unspecified atom stereocenters. The fourth-order valence-electron chi connectivity index (χ4n) is 4.22. The maximum atomic E-state index is 12.9. The molecule has 1 amide bonds. The molecule has 4 heteroatoms. The molecule has 2 atom stereocenters. The number of nitrogens with zero attached hydrogens (tertiary/aromatic N) is 2. The van der Waals surface area contributed by atoms with Crippen LogP contribution in [-0.2, 0) is 4.79 Å². The van der Waals surface area contributed by atoms with Crippen molar-refractivity contribution >= 4 is 5.91 Å². The first-order chi connectivity index (χ1) is 9.75. The van der Waals surface area contributed by atoms with Crippen LogP contribution in [0.5, 0.6) is 0 Å². The largest absolute Gasteiger partial charge is 0.341 e. The molecule has 3 aliphatic heterocycles. The van der Waals surface area contributed by atoms with Gasteiger partial charge in [-0.1, -0.05) is 13.3 Å². The molecule has 0 aromatic rings. The first-order valence-electron chi connectivity index (χ1n) is 8.49. The number of carbonyl (C=O) groups is 1. The summed E-state index contributed by atoms with van der Waals surface area (Å²) in [5.74, 6) is 0.421. The Morgan fingerprint density at radius 3 is 2.70 bits per heavy atom. The first-order valence-corrected chi connectivity index (χ1v) is 8.49. The van der Waals surface area contributed by atoms with Gasteiger partial charge < -0.3 is 10.2 Å². The molecule has 0 spiro atoms. The van der Waals surface area contributed by atoms with Gasteiger partial charge in [0.2, 0.25) is 5.91 Å². The van der Waals surface area contributed by atoms with Gasteiger partial charge >= 0.3 is 0 Å². The molecule has 0 aliphatic carbocycles. The lowest BCUT2D eigenvalue weighted by Gasteiger charge is -2.34. The van der Waals surface area contributed by atoms with Crippen LogP contribution in [0.3, 0.4) is 0 Å². The van der Waals surface area contributed by atoms with Gasteiger partial charge in [0.1, 0.15) is 0 Å². The minimum absolute atomic E-state index is 0.100. The quantitative estimate of drug-likeness (QED) is 0.849. The average Bonchev–Trinajstić information content (AvgIpc) is 3.17. The Hall–Kier alpha value is -0.610. The summed E-state index contributed by atoms with van der Waals surface area (Å²) in [5.41, 5.74) is -0.100. The summed E-state index contributed by atoms with van der Waals surface area (Å²) in [6.45, 7) is 8.49. The molecule has 0 bridgehead atoms. The summed E-state index contributed by atoms with van der Waals surface area (Å²) in [6, 6.07) is 0.627. The van der Waals surface area contributed by atoms with Gasteiger partial charge in [0.15, 0.2) is 0 Å². The van der Waals surface area contributed by atoms with Gasteiger partial charge in [-0.3, -0.25) is 9.69 Å². The Labute approximate surface area is 122 Å². The second-order valence-corrected chi connectivity index (χ2v) is 6.85. The molecule has 3 fully saturated rings. The fourth-order valence-corrected chi connectivity index (χ4v) is 4.22. The van der Waals surface area contributed by atoms with E-state index >= 15 is 0 Å². The van der Waals surface area contributed by atoms with E-state index in [4.69, 9.17) is 0 Å². The van der Waals surface area contributed by atoms with E-state index in [0.29, 0.717) is 11.9 Å². The van der Waals surface area contributed by atoms with Crippen LogP contribution in [0.25, 0.3) is 0 Å². The molecule has 3 heterocycles. The lowest BCUT2D eigenvalue weighted by Crippen LogP contribution is -2.46. The zero-order valence-corrected chi connectivity index (χ0v) is 12.9. The van der Waals surface area contributed by atoms with Gasteiger partial charge in [0.05, 0.1) is 5.41 Å². The number of nitrogens with one attached hydrogen (secondary N) is 1. The Balaban J connectivity index is 1.60. The molecule has 20 heavy (non-hydrogen) atoms. The lowest BCUT2D eigenvalue weighted by molar-refractivity contribution is -0.140. The predicted octanol–water partition coefficient (Wildman–Crippen LogP) is 1.46. The molecular formula is C16H29N3O. The van der Waals surface area contributed by atoms with Crippen molar-refractivity contribution in [3.8, 4) is 0 Å². The van der Waals surface area contributed by atoms with Crippen molar-refractivity contribution in [3.63, 3.8) is 0 Å². The molecule has 0 radical (unpaired) electrons. The van der Waals surface area contributed by atoms with Crippen molar-refractivity contribution in [2.45, 2.75) is 51.5 Å². The number of carbonyl (C=O) groups excluding carboxylic acids is 1. The molecule has 3 rings (SSSR count). The molecule has 0 aromatic heterocycles. The standard InChI is InChI=1S/C16H29N3O/c1-2-16(7-8-17-13-16)15(20)19-11-6-14(12-19)18-9-4-3-5-10-18/h14,17H,2-13H2,1H3. The molecule has 0 aromatic carbocycles. The lowest BCUT2D eigenvalue weighted by atomic mass is 9.83. The maximum Gasteiger partial charge on any atom is 0.230 e. The third-order valence-corrected chi connectivity index (χ3v) is 5.73. The smallest absolute Gasteiger partial charge is 0.230 e. The first kappa shape index (κ1) is 14.3. The number of rotatable bonds is 3. The second-order valence-electron chi connectivity index (χ2n) is 6.85. The summed E-state index contributed by atoms with van der Waals surface area (Å²) < 4.78 is 0. The number of hydrogen-bond acceptors (Lipinski definition) is 3. The van der Waals surface area contributed by atoms with E-state index in [9.17, 15) is 4.79 Å². The predicted molar refractivity (Wildman–Crippen MR) is 80.6 cm³/mol. The Bertz CT molecular complexity index is 346. The minimum Gasteiger partial charge on any atom is -0.341 e. The van der Waals surface area contributed by atoms with Crippen molar-refractivity contribution in [2.24, 2.45) is 5.41 Å². The summed E-state index contributed by atoms with van der Waals surface area (Å²) in [7, 11) is 0. The summed E-state index contributed by atoms with van der Waals surface area (Å²) in [5, 5.41) is 3.39. The van der Waals surface area contributed by atoms with E-state index in [2.05, 4.69) is 22.0 Å². The van der Waals surface area contributed by atoms with E-state index in [-0.39, 0.29) is 5.41 Å². The van der Waals surface area contributed by atoms with Gasteiger partial charge in [0, 0.05) is 25.7 Å². The van der Waals surface area contributed by atoms with E-state index in [0.717, 1.165) is 39.0 Å². The highest BCUT2D eigenvalue weighted by molar-refractivity contribution is 5.83. The highest BCUT2D eigenvalue weighted by Gasteiger charge is 2.44. The topological polar surface area (TPSA) is 35.6 Å². The SMILES string of the molecule is CCC1(C(=O)N2CCC(N3CCCCC3)C2)CCNC1. The van der Waals surface area contributed by atoms with Crippen LogP contribution in [0.4, 0.5) is 0 Å². The molecular weight excluding hydrogens is 250 g/mol. The number of likely N-dealkylation sites (tertiary alicyclic amines) is 2. The van der Waals surface area contributed by atoms with Gasteiger partial charge in [0.25, 0.3) is 0 Å². The summed E-state index contributed by atoms with van der Waals surface area (Å²) in [6.07, 6.45) is 7.24. The second kappa shape index (κ2) is 6.02. The summed E-state index contributed by atoms with van der Waals surface area (Å²) in [4.78, 5) is 17.7. The van der Waals surface area contributed by atoms with Gasteiger partial charge in [-0.05, 0) is 51.7 Å². The van der Waals surface area contributed by atoms with E-state index in [1.807, 2.05) is 0 Å². The third-order valence-electron chi connectivity index (χ3n) is 5.73. The van der Waals surface area contributed by atoms with Crippen molar-refractivity contribution in [1.82, 2.24) is 15.1 Å². The highest BCUT2D eigenvalue weighted by Crippen LogP contribution is 2.33. The van der Waals surface area contributed by atoms with Crippen molar-refractivity contribution < 1.29 is 4.79 Å². The number of hydrogen-bond donors (Lipinski definition) is 1. The van der Waals surface area contributed by atoms with E-state index < -0.39 is 0 Å². The normalized spacial score (nSPS) is 35.6. The van der Waals surface area contributed by atoms with Crippen LogP contribution in [-0.4, -0.2) is 61.0 Å². The van der Waals surface area contributed by atoms with Crippen LogP contribution in [0.15, 0.2) is 0 Å². The fraction of sp³-hybridized carbons (Fsp3) is 0.938. The summed E-state index contributed by atoms with van der Waals surface area (Å²) >= 11 is 0. The van der Waals surface area contributed by atoms with Crippen molar-refractivity contribution in [1.29, 1.82) is 0 Å². The third kappa shape index (κ3) is 2.60. The molecule has 1 N–H and O–H groups in total. The van der Waals surface area contributed by atoms with Crippen LogP contribution < -0.4 is 5.32 Å². The van der Waals surface area contributed by atoms with Gasteiger partial charge in [-0.15, -0.1) is 0 Å². The molecule has 3 aliphatic rings. The van der Waals surface area contributed by atoms with Crippen LogP contribution in [0.2, 0.25) is 0 Å².